The number of pyridine rings is 1. The lowest BCUT2D eigenvalue weighted by Crippen LogP contribution is -2.12. The minimum Gasteiger partial charge on any atom is -0.493 e. The fraction of sp³-hybridized carbons (Fsp3) is 0.0714. The number of rotatable bonds is 5. The van der Waals surface area contributed by atoms with Crippen molar-refractivity contribution in [3.05, 3.63) is 47.8 Å². The van der Waals surface area contributed by atoms with E-state index < -0.39 is 11.9 Å². The van der Waals surface area contributed by atoms with Gasteiger partial charge in [-0.05, 0) is 24.3 Å². The Morgan fingerprint density at radius 2 is 1.95 bits per heavy atom. The van der Waals surface area contributed by atoms with Crippen molar-refractivity contribution in [1.82, 2.24) is 4.98 Å². The molecule has 0 bridgehead atoms. The van der Waals surface area contributed by atoms with E-state index in [1.54, 1.807) is 0 Å². The molecule has 2 aromatic rings. The second-order valence-corrected chi connectivity index (χ2v) is 4.01. The molecular formula is C14H12N2O5. The van der Waals surface area contributed by atoms with Crippen LogP contribution in [0.4, 0.5) is 0 Å². The smallest absolute Gasteiger partial charge is 0.335 e. The molecule has 0 aliphatic rings. The highest BCUT2D eigenvalue weighted by molar-refractivity contribution is 5.91. The number of hydrogen-bond acceptors (Lipinski definition) is 5. The molecule has 0 radical (unpaired) electrons. The van der Waals surface area contributed by atoms with Gasteiger partial charge in [-0.25, -0.2) is 4.79 Å². The molecule has 0 aliphatic heterocycles. The fourth-order valence-electron chi connectivity index (χ4n) is 1.62. The second-order valence-electron chi connectivity index (χ2n) is 4.01. The number of carbonyl (C=O) groups excluding carboxylic acids is 1. The largest absolute Gasteiger partial charge is 0.493 e. The quantitative estimate of drug-likeness (QED) is 0.865. The number of aromatic nitrogens is 1. The number of primary amides is 1. The van der Waals surface area contributed by atoms with Gasteiger partial charge < -0.3 is 20.3 Å². The summed E-state index contributed by atoms with van der Waals surface area (Å²) < 4.78 is 10.7. The molecule has 0 atom stereocenters. The predicted octanol–water partition coefficient (Wildman–Crippen LogP) is 1.68. The first-order chi connectivity index (χ1) is 10.0. The average molecular weight is 288 g/mol. The van der Waals surface area contributed by atoms with Crippen LogP contribution in [0.25, 0.3) is 0 Å². The molecule has 0 aliphatic carbocycles. The third kappa shape index (κ3) is 3.27. The number of hydrogen-bond donors (Lipinski definition) is 2. The Kier molecular flexibility index (Phi) is 4.03. The zero-order valence-corrected chi connectivity index (χ0v) is 11.1. The molecule has 0 fully saturated rings. The summed E-state index contributed by atoms with van der Waals surface area (Å²) in [5.74, 6) is -0.843. The third-order valence-electron chi connectivity index (χ3n) is 2.62. The van der Waals surface area contributed by atoms with Gasteiger partial charge in [-0.1, -0.05) is 0 Å². The minimum atomic E-state index is -1.07. The zero-order chi connectivity index (χ0) is 15.4. The Hall–Kier alpha value is -3.09. The van der Waals surface area contributed by atoms with Crippen molar-refractivity contribution in [3.8, 4) is 17.2 Å². The van der Waals surface area contributed by atoms with E-state index >= 15 is 0 Å². The highest BCUT2D eigenvalue weighted by Gasteiger charge is 2.11. The summed E-state index contributed by atoms with van der Waals surface area (Å²) in [5.41, 5.74) is 5.28. The van der Waals surface area contributed by atoms with Crippen LogP contribution in [-0.4, -0.2) is 29.1 Å². The van der Waals surface area contributed by atoms with Crippen LogP contribution in [0.5, 0.6) is 17.2 Å². The number of nitrogens with two attached hydrogens (primary N) is 1. The molecule has 0 saturated heterocycles. The zero-order valence-electron chi connectivity index (χ0n) is 11.1. The Morgan fingerprint density at radius 1 is 1.19 bits per heavy atom. The summed E-state index contributed by atoms with van der Waals surface area (Å²) >= 11 is 0. The lowest BCUT2D eigenvalue weighted by molar-refractivity contribution is 0.0696. The normalized spacial score (nSPS) is 9.95. The number of amides is 1. The van der Waals surface area contributed by atoms with E-state index in [-0.39, 0.29) is 17.0 Å². The molecule has 0 saturated carbocycles. The molecule has 0 unspecified atom stereocenters. The standard InChI is InChI=1S/C14H12N2O5/c1-20-12-6-8(14(18)19)2-3-11(12)21-9-4-5-16-10(7-9)13(15)17/h2-7H,1H3,(H2,15,17)(H,18,19). The lowest BCUT2D eigenvalue weighted by Gasteiger charge is -2.11. The predicted molar refractivity (Wildman–Crippen MR) is 72.8 cm³/mol. The van der Waals surface area contributed by atoms with Gasteiger partial charge in [0.25, 0.3) is 5.91 Å². The number of carboxylic acids is 1. The Bertz CT molecular complexity index is 700. The maximum atomic E-state index is 11.1. The van der Waals surface area contributed by atoms with E-state index in [1.807, 2.05) is 0 Å². The minimum absolute atomic E-state index is 0.0635. The van der Waals surface area contributed by atoms with Crippen LogP contribution in [0.1, 0.15) is 20.8 Å². The van der Waals surface area contributed by atoms with Crippen molar-refractivity contribution >= 4 is 11.9 Å². The summed E-state index contributed by atoms with van der Waals surface area (Å²) in [6.07, 6.45) is 1.38. The number of benzene rings is 1. The van der Waals surface area contributed by atoms with Gasteiger partial charge in [-0.3, -0.25) is 9.78 Å². The number of nitrogens with zero attached hydrogens (tertiary/aromatic N) is 1. The molecule has 21 heavy (non-hydrogen) atoms. The van der Waals surface area contributed by atoms with E-state index in [2.05, 4.69) is 4.98 Å². The van der Waals surface area contributed by atoms with Crippen molar-refractivity contribution < 1.29 is 24.2 Å². The molecule has 1 amide bonds. The van der Waals surface area contributed by atoms with Gasteiger partial charge >= 0.3 is 5.97 Å². The van der Waals surface area contributed by atoms with Crippen LogP contribution < -0.4 is 15.2 Å². The summed E-state index contributed by atoms with van der Waals surface area (Å²) in [5, 5.41) is 8.93. The van der Waals surface area contributed by atoms with Crippen LogP contribution in [0.3, 0.4) is 0 Å². The first-order valence-electron chi connectivity index (χ1n) is 5.86. The van der Waals surface area contributed by atoms with Gasteiger partial charge in [-0.2, -0.15) is 0 Å². The number of ether oxygens (including phenoxy) is 2. The molecule has 1 aromatic carbocycles. The molecule has 7 nitrogen and oxygen atoms in total. The first kappa shape index (κ1) is 14.3. The average Bonchev–Trinajstić information content (AvgIpc) is 2.47. The Labute approximate surface area is 119 Å². The summed E-state index contributed by atoms with van der Waals surface area (Å²) in [6.45, 7) is 0. The van der Waals surface area contributed by atoms with Crippen LogP contribution in [-0.2, 0) is 0 Å². The SMILES string of the molecule is COc1cc(C(=O)O)ccc1Oc1ccnc(C(N)=O)c1. The maximum Gasteiger partial charge on any atom is 0.335 e. The number of carboxylic acid groups (broad SMARTS) is 1. The molecule has 0 spiro atoms. The number of aromatic carboxylic acids is 1. The maximum absolute atomic E-state index is 11.1. The van der Waals surface area contributed by atoms with Crippen LogP contribution in [0.2, 0.25) is 0 Å². The lowest BCUT2D eigenvalue weighted by atomic mass is 10.2. The Morgan fingerprint density at radius 3 is 2.57 bits per heavy atom. The number of methoxy groups -OCH3 is 1. The molecule has 3 N–H and O–H groups in total. The summed E-state index contributed by atoms with van der Waals surface area (Å²) in [6, 6.07) is 7.11. The van der Waals surface area contributed by atoms with Crippen molar-refractivity contribution in [1.29, 1.82) is 0 Å². The third-order valence-corrected chi connectivity index (χ3v) is 2.62. The summed E-state index contributed by atoms with van der Waals surface area (Å²) in [4.78, 5) is 25.8. The van der Waals surface area contributed by atoms with E-state index in [4.69, 9.17) is 20.3 Å². The molecule has 108 valence electrons. The van der Waals surface area contributed by atoms with Crippen LogP contribution in [0.15, 0.2) is 36.5 Å². The monoisotopic (exact) mass is 288 g/mol. The summed E-state index contributed by atoms with van der Waals surface area (Å²) in [7, 11) is 1.40. The van der Waals surface area contributed by atoms with E-state index in [1.165, 1.54) is 43.6 Å². The molecule has 7 heteroatoms. The van der Waals surface area contributed by atoms with Crippen molar-refractivity contribution in [2.24, 2.45) is 5.73 Å². The molecule has 1 aromatic heterocycles. The number of carbonyl (C=O) groups is 2. The van der Waals surface area contributed by atoms with E-state index in [0.717, 1.165) is 0 Å². The van der Waals surface area contributed by atoms with Gasteiger partial charge in [0.2, 0.25) is 0 Å². The highest BCUT2D eigenvalue weighted by atomic mass is 16.5. The van der Waals surface area contributed by atoms with Crippen LogP contribution >= 0.6 is 0 Å². The van der Waals surface area contributed by atoms with Crippen molar-refractivity contribution in [2.75, 3.05) is 7.11 Å². The topological polar surface area (TPSA) is 112 Å². The van der Waals surface area contributed by atoms with Gasteiger partial charge in [0.1, 0.15) is 11.4 Å². The van der Waals surface area contributed by atoms with Gasteiger partial charge in [0, 0.05) is 12.3 Å². The molecule has 1 heterocycles. The van der Waals surface area contributed by atoms with E-state index in [9.17, 15) is 9.59 Å². The fourth-order valence-corrected chi connectivity index (χ4v) is 1.62. The van der Waals surface area contributed by atoms with Crippen LogP contribution in [0, 0.1) is 0 Å². The molecule has 2 rings (SSSR count). The highest BCUT2D eigenvalue weighted by Crippen LogP contribution is 2.32. The van der Waals surface area contributed by atoms with Gasteiger partial charge in [-0.15, -0.1) is 0 Å². The second kappa shape index (κ2) is 5.91. The van der Waals surface area contributed by atoms with Gasteiger partial charge in [0.15, 0.2) is 11.5 Å². The van der Waals surface area contributed by atoms with Crippen molar-refractivity contribution in [3.63, 3.8) is 0 Å². The first-order valence-corrected chi connectivity index (χ1v) is 5.86. The van der Waals surface area contributed by atoms with E-state index in [0.29, 0.717) is 11.5 Å². The Balaban J connectivity index is 2.33. The van der Waals surface area contributed by atoms with Gasteiger partial charge in [0.05, 0.1) is 12.7 Å². The van der Waals surface area contributed by atoms with Crippen molar-refractivity contribution in [2.45, 2.75) is 0 Å². The molecular weight excluding hydrogens is 276 g/mol.